The minimum absolute atomic E-state index is 0.703. The van der Waals surface area contributed by atoms with Gasteiger partial charge in [-0.3, -0.25) is 5.10 Å². The summed E-state index contributed by atoms with van der Waals surface area (Å²) in [5, 5.41) is 9.95. The number of hydrogen-bond acceptors (Lipinski definition) is 4. The molecule has 2 N–H and O–H groups in total. The van der Waals surface area contributed by atoms with Crippen LogP contribution < -0.4 is 5.32 Å². The number of rotatable bonds is 10. The number of aromatic nitrogens is 3. The van der Waals surface area contributed by atoms with E-state index in [2.05, 4.69) is 32.3 Å². The zero-order valence-electron chi connectivity index (χ0n) is 11.0. The number of hydrogen-bond donors (Lipinski definition) is 2. The van der Waals surface area contributed by atoms with E-state index in [1.54, 1.807) is 0 Å². The van der Waals surface area contributed by atoms with E-state index in [0.29, 0.717) is 6.61 Å². The predicted molar refractivity (Wildman–Crippen MR) is 71.1 cm³/mol. The van der Waals surface area contributed by atoms with Gasteiger partial charge in [-0.15, -0.1) is 11.8 Å². The molecule has 1 heterocycles. The monoisotopic (exact) mass is 250 g/mol. The van der Waals surface area contributed by atoms with E-state index >= 15 is 0 Å². The summed E-state index contributed by atoms with van der Waals surface area (Å²) in [6.07, 6.45) is 5.48. The van der Waals surface area contributed by atoms with Crippen LogP contribution in [0.15, 0.2) is 6.33 Å². The molecule has 0 aliphatic heterocycles. The van der Waals surface area contributed by atoms with Crippen LogP contribution in [0.25, 0.3) is 0 Å². The van der Waals surface area contributed by atoms with Crippen LogP contribution in [0.1, 0.15) is 32.0 Å². The van der Waals surface area contributed by atoms with Gasteiger partial charge in [0.1, 0.15) is 12.2 Å². The summed E-state index contributed by atoms with van der Waals surface area (Å²) in [6.45, 7) is 5.40. The molecular weight excluding hydrogens is 228 g/mol. The summed E-state index contributed by atoms with van der Waals surface area (Å²) in [4.78, 5) is 4.03. The molecule has 1 aromatic rings. The average Bonchev–Trinajstić information content (AvgIpc) is 2.89. The Morgan fingerprint density at radius 3 is 3.06 bits per heavy atom. The number of nitrogens with zero attached hydrogens (tertiary/aromatic N) is 2. The first-order valence-electron chi connectivity index (χ1n) is 6.46. The molecule has 0 unspecified atom stereocenters. The Bertz CT molecular complexity index is 340. The van der Waals surface area contributed by atoms with Gasteiger partial charge in [0.25, 0.3) is 0 Å². The van der Waals surface area contributed by atoms with Crippen LogP contribution in [0.2, 0.25) is 0 Å². The SMILES string of the molecule is CC#CCCNCCCCOCCc1ncn[nH]1. The summed E-state index contributed by atoms with van der Waals surface area (Å²) < 4.78 is 5.51. The lowest BCUT2D eigenvalue weighted by molar-refractivity contribution is 0.132. The molecule has 0 atom stereocenters. The molecular formula is C13H22N4O. The largest absolute Gasteiger partial charge is 0.381 e. The highest BCUT2D eigenvalue weighted by Crippen LogP contribution is 1.92. The molecule has 0 aliphatic rings. The normalized spacial score (nSPS) is 10.1. The van der Waals surface area contributed by atoms with Gasteiger partial charge in [0.15, 0.2) is 0 Å². The lowest BCUT2D eigenvalue weighted by Crippen LogP contribution is -2.16. The maximum atomic E-state index is 5.51. The predicted octanol–water partition coefficient (Wildman–Crippen LogP) is 1.15. The van der Waals surface area contributed by atoms with Gasteiger partial charge in [0.2, 0.25) is 0 Å². The number of H-pyrrole nitrogens is 1. The lowest BCUT2D eigenvalue weighted by Gasteiger charge is -2.04. The summed E-state index contributed by atoms with van der Waals surface area (Å²) in [6, 6.07) is 0. The van der Waals surface area contributed by atoms with Crippen LogP contribution in [-0.4, -0.2) is 41.5 Å². The molecule has 0 saturated heterocycles. The zero-order chi connectivity index (χ0) is 12.9. The van der Waals surface area contributed by atoms with Crippen molar-refractivity contribution in [2.45, 2.75) is 32.6 Å². The fourth-order valence-corrected chi connectivity index (χ4v) is 1.48. The molecule has 0 amide bonds. The Labute approximate surface area is 109 Å². The molecule has 0 bridgehead atoms. The Kier molecular flexibility index (Phi) is 8.77. The Balaban J connectivity index is 1.77. The summed E-state index contributed by atoms with van der Waals surface area (Å²) in [7, 11) is 0. The molecule has 0 radical (unpaired) electrons. The van der Waals surface area contributed by atoms with E-state index in [0.717, 1.165) is 51.2 Å². The van der Waals surface area contributed by atoms with Crippen LogP contribution in [-0.2, 0) is 11.2 Å². The second-order valence-corrected chi connectivity index (χ2v) is 3.93. The van der Waals surface area contributed by atoms with Crippen molar-refractivity contribution < 1.29 is 4.74 Å². The third-order valence-electron chi connectivity index (χ3n) is 2.44. The zero-order valence-corrected chi connectivity index (χ0v) is 11.0. The number of nitrogens with one attached hydrogen (secondary N) is 2. The van der Waals surface area contributed by atoms with Crippen molar-refractivity contribution in [3.63, 3.8) is 0 Å². The molecule has 0 aliphatic carbocycles. The fourth-order valence-electron chi connectivity index (χ4n) is 1.48. The van der Waals surface area contributed by atoms with Gasteiger partial charge in [0, 0.05) is 26.0 Å². The quantitative estimate of drug-likeness (QED) is 0.483. The second kappa shape index (κ2) is 10.8. The fraction of sp³-hybridized carbons (Fsp3) is 0.692. The molecule has 0 spiro atoms. The Hall–Kier alpha value is -1.38. The van der Waals surface area contributed by atoms with Crippen molar-refractivity contribution in [2.24, 2.45) is 0 Å². The molecule has 0 aromatic carbocycles. The highest BCUT2D eigenvalue weighted by atomic mass is 16.5. The number of ether oxygens (including phenoxy) is 1. The highest BCUT2D eigenvalue weighted by molar-refractivity contribution is 4.95. The second-order valence-electron chi connectivity index (χ2n) is 3.93. The first kappa shape index (κ1) is 14.7. The first-order chi connectivity index (χ1) is 8.93. The number of aromatic amines is 1. The van der Waals surface area contributed by atoms with Crippen LogP contribution in [0.3, 0.4) is 0 Å². The van der Waals surface area contributed by atoms with Gasteiger partial charge in [-0.1, -0.05) is 0 Å². The summed E-state index contributed by atoms with van der Waals surface area (Å²) in [5.74, 6) is 6.79. The van der Waals surface area contributed by atoms with Crippen LogP contribution in [0.4, 0.5) is 0 Å². The maximum Gasteiger partial charge on any atom is 0.137 e. The summed E-state index contributed by atoms with van der Waals surface area (Å²) in [5.41, 5.74) is 0. The van der Waals surface area contributed by atoms with Crippen LogP contribution >= 0.6 is 0 Å². The van der Waals surface area contributed by atoms with Crippen molar-refractivity contribution in [1.29, 1.82) is 0 Å². The number of unbranched alkanes of at least 4 members (excludes halogenated alkanes) is 1. The van der Waals surface area contributed by atoms with Gasteiger partial charge in [-0.2, -0.15) is 5.10 Å². The van der Waals surface area contributed by atoms with E-state index in [-0.39, 0.29) is 0 Å². The maximum absolute atomic E-state index is 5.51. The molecule has 18 heavy (non-hydrogen) atoms. The minimum atomic E-state index is 0.703. The van der Waals surface area contributed by atoms with Gasteiger partial charge in [-0.05, 0) is 26.3 Å². The van der Waals surface area contributed by atoms with E-state index in [1.165, 1.54) is 6.33 Å². The molecule has 0 fully saturated rings. The van der Waals surface area contributed by atoms with Gasteiger partial charge < -0.3 is 10.1 Å². The highest BCUT2D eigenvalue weighted by Gasteiger charge is 1.95. The molecule has 1 aromatic heterocycles. The van der Waals surface area contributed by atoms with Crippen molar-refractivity contribution in [3.05, 3.63) is 12.2 Å². The van der Waals surface area contributed by atoms with Gasteiger partial charge >= 0.3 is 0 Å². The third-order valence-corrected chi connectivity index (χ3v) is 2.44. The van der Waals surface area contributed by atoms with E-state index in [9.17, 15) is 0 Å². The van der Waals surface area contributed by atoms with Crippen molar-refractivity contribution in [3.8, 4) is 11.8 Å². The lowest BCUT2D eigenvalue weighted by atomic mass is 10.3. The van der Waals surface area contributed by atoms with E-state index in [1.807, 2.05) is 6.92 Å². The van der Waals surface area contributed by atoms with Gasteiger partial charge in [-0.25, -0.2) is 4.98 Å². The smallest absolute Gasteiger partial charge is 0.137 e. The van der Waals surface area contributed by atoms with Crippen molar-refractivity contribution >= 4 is 0 Å². The molecule has 100 valence electrons. The van der Waals surface area contributed by atoms with Gasteiger partial charge in [0.05, 0.1) is 6.61 Å². The Morgan fingerprint density at radius 1 is 1.33 bits per heavy atom. The Morgan fingerprint density at radius 2 is 2.28 bits per heavy atom. The first-order valence-corrected chi connectivity index (χ1v) is 6.46. The van der Waals surface area contributed by atoms with E-state index in [4.69, 9.17) is 4.74 Å². The molecule has 1 rings (SSSR count). The molecule has 0 saturated carbocycles. The topological polar surface area (TPSA) is 62.8 Å². The molecule has 5 nitrogen and oxygen atoms in total. The van der Waals surface area contributed by atoms with E-state index < -0.39 is 0 Å². The third kappa shape index (κ3) is 7.82. The van der Waals surface area contributed by atoms with Crippen LogP contribution in [0.5, 0.6) is 0 Å². The van der Waals surface area contributed by atoms with Crippen molar-refractivity contribution in [2.75, 3.05) is 26.3 Å². The average molecular weight is 250 g/mol. The summed E-state index contributed by atoms with van der Waals surface area (Å²) >= 11 is 0. The van der Waals surface area contributed by atoms with Crippen LogP contribution in [0, 0.1) is 11.8 Å². The van der Waals surface area contributed by atoms with Crippen molar-refractivity contribution in [1.82, 2.24) is 20.5 Å². The molecule has 5 heteroatoms. The minimum Gasteiger partial charge on any atom is -0.381 e. The standard InChI is InChI=1S/C13H22N4O/c1-2-3-4-8-14-9-5-6-10-18-11-7-13-15-12-16-17-13/h12,14H,4-11H2,1H3,(H,15,16,17).